The van der Waals surface area contributed by atoms with Crippen LogP contribution in [0.2, 0.25) is 0 Å². The number of ether oxygens (including phenoxy) is 2. The van der Waals surface area contributed by atoms with Crippen LogP contribution >= 0.6 is 28.1 Å². The molecule has 148 valence electrons. The molecule has 0 saturated heterocycles. The minimum absolute atomic E-state index is 0.0523. The third-order valence-electron chi connectivity index (χ3n) is 3.44. The molecule has 0 atom stereocenters. The lowest BCUT2D eigenvalue weighted by Crippen LogP contribution is -2.50. The van der Waals surface area contributed by atoms with Crippen LogP contribution in [0.3, 0.4) is 0 Å². The van der Waals surface area contributed by atoms with Gasteiger partial charge in [0.05, 0.1) is 4.47 Å². The van der Waals surface area contributed by atoms with E-state index in [0.29, 0.717) is 11.5 Å². The summed E-state index contributed by atoms with van der Waals surface area (Å²) in [6.07, 6.45) is 0.906. The first kappa shape index (κ1) is 21.6. The van der Waals surface area contributed by atoms with Crippen LogP contribution < -0.4 is 25.6 Å². The molecule has 28 heavy (non-hydrogen) atoms. The molecule has 0 heterocycles. The molecule has 0 aliphatic heterocycles. The van der Waals surface area contributed by atoms with Crippen LogP contribution in [-0.4, -0.2) is 30.1 Å². The number of aryl methyl sites for hydroxylation is 1. The summed E-state index contributed by atoms with van der Waals surface area (Å²) in [5.74, 6) is 0.219. The van der Waals surface area contributed by atoms with E-state index in [2.05, 4.69) is 39.0 Å². The Morgan fingerprint density at radius 1 is 1.00 bits per heavy atom. The Hall–Kier alpha value is -2.65. The largest absolute Gasteiger partial charge is 0.484 e. The van der Waals surface area contributed by atoms with Crippen molar-refractivity contribution >= 4 is 45.1 Å². The molecule has 0 aromatic heterocycles. The van der Waals surface area contributed by atoms with Gasteiger partial charge in [-0.2, -0.15) is 0 Å². The van der Waals surface area contributed by atoms with E-state index in [0.717, 1.165) is 16.5 Å². The number of thiocarbonyl (C=S) groups is 1. The second-order valence-electron chi connectivity index (χ2n) is 5.56. The summed E-state index contributed by atoms with van der Waals surface area (Å²) in [7, 11) is 0. The van der Waals surface area contributed by atoms with Gasteiger partial charge in [-0.3, -0.25) is 25.8 Å². The second kappa shape index (κ2) is 11.3. The number of carbonyl (C=O) groups is 2. The van der Waals surface area contributed by atoms with Gasteiger partial charge in [0.1, 0.15) is 11.5 Å². The molecule has 0 aliphatic carbocycles. The standard InChI is InChI=1S/C19H20BrN3O4S/c1-2-13-8-9-16(15(20)10-13)27-12-18(25)22-23-19(28)21-17(24)11-26-14-6-4-3-5-7-14/h3-10H,2,11-12H2,1H3,(H,22,25)(H2,21,23,24,28). The molecule has 2 aromatic rings. The number of rotatable bonds is 7. The van der Waals surface area contributed by atoms with Crippen molar-refractivity contribution in [2.45, 2.75) is 13.3 Å². The number of benzene rings is 2. The predicted molar refractivity (Wildman–Crippen MR) is 113 cm³/mol. The molecule has 2 aromatic carbocycles. The summed E-state index contributed by atoms with van der Waals surface area (Å²) in [6.45, 7) is 1.63. The zero-order chi connectivity index (χ0) is 20.4. The van der Waals surface area contributed by atoms with Gasteiger partial charge < -0.3 is 9.47 Å². The average Bonchev–Trinajstić information content (AvgIpc) is 2.70. The molecule has 0 unspecified atom stereocenters. The number of hydrogen-bond donors (Lipinski definition) is 3. The van der Waals surface area contributed by atoms with Crippen molar-refractivity contribution in [1.29, 1.82) is 0 Å². The molecule has 0 fully saturated rings. The van der Waals surface area contributed by atoms with E-state index in [1.54, 1.807) is 30.3 Å². The molecule has 0 spiro atoms. The van der Waals surface area contributed by atoms with Gasteiger partial charge in [-0.25, -0.2) is 0 Å². The van der Waals surface area contributed by atoms with E-state index in [-0.39, 0.29) is 18.3 Å². The van der Waals surface area contributed by atoms with Crippen LogP contribution in [0.5, 0.6) is 11.5 Å². The van der Waals surface area contributed by atoms with Crippen molar-refractivity contribution in [2.24, 2.45) is 0 Å². The lowest BCUT2D eigenvalue weighted by molar-refractivity contribution is -0.124. The van der Waals surface area contributed by atoms with Crippen molar-refractivity contribution < 1.29 is 19.1 Å². The lowest BCUT2D eigenvalue weighted by atomic mass is 10.2. The highest BCUT2D eigenvalue weighted by Crippen LogP contribution is 2.26. The molecule has 9 heteroatoms. The smallest absolute Gasteiger partial charge is 0.276 e. The molecule has 2 rings (SSSR count). The Labute approximate surface area is 176 Å². The highest BCUT2D eigenvalue weighted by Gasteiger charge is 2.09. The highest BCUT2D eigenvalue weighted by molar-refractivity contribution is 9.10. The van der Waals surface area contributed by atoms with E-state index in [1.165, 1.54) is 0 Å². The summed E-state index contributed by atoms with van der Waals surface area (Å²) in [5, 5.41) is 2.34. The van der Waals surface area contributed by atoms with Crippen molar-refractivity contribution in [1.82, 2.24) is 16.2 Å². The number of hydrogen-bond acceptors (Lipinski definition) is 5. The highest BCUT2D eigenvalue weighted by atomic mass is 79.9. The Balaban J connectivity index is 1.66. The maximum atomic E-state index is 11.8. The van der Waals surface area contributed by atoms with E-state index in [9.17, 15) is 9.59 Å². The first-order valence-corrected chi connectivity index (χ1v) is 9.65. The van der Waals surface area contributed by atoms with Gasteiger partial charge in [0.15, 0.2) is 18.3 Å². The quantitative estimate of drug-likeness (QED) is 0.430. The summed E-state index contributed by atoms with van der Waals surface area (Å²) in [6, 6.07) is 14.6. The van der Waals surface area contributed by atoms with Crippen LogP contribution in [0.25, 0.3) is 0 Å². The van der Waals surface area contributed by atoms with Gasteiger partial charge in [-0.15, -0.1) is 0 Å². The first-order valence-electron chi connectivity index (χ1n) is 8.45. The fourth-order valence-corrected chi connectivity index (χ4v) is 2.75. The van der Waals surface area contributed by atoms with Crippen molar-refractivity contribution in [3.8, 4) is 11.5 Å². The summed E-state index contributed by atoms with van der Waals surface area (Å²) in [5.41, 5.74) is 5.94. The van der Waals surface area contributed by atoms with E-state index in [1.807, 2.05) is 18.2 Å². The number of nitrogens with one attached hydrogen (secondary N) is 3. The normalized spacial score (nSPS) is 9.93. The van der Waals surface area contributed by atoms with E-state index < -0.39 is 11.8 Å². The van der Waals surface area contributed by atoms with Gasteiger partial charge in [-0.05, 0) is 64.4 Å². The third kappa shape index (κ3) is 7.53. The molecule has 2 amide bonds. The maximum absolute atomic E-state index is 11.8. The van der Waals surface area contributed by atoms with E-state index >= 15 is 0 Å². The van der Waals surface area contributed by atoms with Crippen molar-refractivity contribution in [3.63, 3.8) is 0 Å². The number of carbonyl (C=O) groups excluding carboxylic acids is 2. The second-order valence-corrected chi connectivity index (χ2v) is 6.82. The minimum Gasteiger partial charge on any atom is -0.484 e. The molecule has 0 aliphatic rings. The third-order valence-corrected chi connectivity index (χ3v) is 4.27. The van der Waals surface area contributed by atoms with Crippen LogP contribution in [0.4, 0.5) is 0 Å². The first-order chi connectivity index (χ1) is 13.5. The van der Waals surface area contributed by atoms with Gasteiger partial charge in [0.25, 0.3) is 11.8 Å². The molecular weight excluding hydrogens is 446 g/mol. The molecule has 0 saturated carbocycles. The van der Waals surface area contributed by atoms with Gasteiger partial charge in [0.2, 0.25) is 0 Å². The monoisotopic (exact) mass is 465 g/mol. The molecule has 3 N–H and O–H groups in total. The topological polar surface area (TPSA) is 88.7 Å². The van der Waals surface area contributed by atoms with E-state index in [4.69, 9.17) is 21.7 Å². The Morgan fingerprint density at radius 2 is 1.71 bits per heavy atom. The molecule has 0 bridgehead atoms. The maximum Gasteiger partial charge on any atom is 0.276 e. The van der Waals surface area contributed by atoms with Crippen LogP contribution in [-0.2, 0) is 16.0 Å². The van der Waals surface area contributed by atoms with Gasteiger partial charge >= 0.3 is 0 Å². The van der Waals surface area contributed by atoms with Crippen LogP contribution in [0, 0.1) is 0 Å². The molecular formula is C19H20BrN3O4S. The fraction of sp³-hybridized carbons (Fsp3) is 0.211. The predicted octanol–water partition coefficient (Wildman–Crippen LogP) is 2.49. The number of hydrazine groups is 1. The Morgan fingerprint density at radius 3 is 2.39 bits per heavy atom. The Bertz CT molecular complexity index is 833. The summed E-state index contributed by atoms with van der Waals surface area (Å²) in [4.78, 5) is 23.6. The molecule has 0 radical (unpaired) electrons. The van der Waals surface area contributed by atoms with Crippen molar-refractivity contribution in [3.05, 3.63) is 58.6 Å². The summed E-state index contributed by atoms with van der Waals surface area (Å²) >= 11 is 8.35. The SMILES string of the molecule is CCc1ccc(OCC(=O)NNC(=S)NC(=O)COc2ccccc2)c(Br)c1. The average molecular weight is 466 g/mol. The number of amides is 2. The van der Waals surface area contributed by atoms with Gasteiger partial charge in [-0.1, -0.05) is 31.2 Å². The van der Waals surface area contributed by atoms with Crippen molar-refractivity contribution in [2.75, 3.05) is 13.2 Å². The minimum atomic E-state index is -0.455. The van der Waals surface area contributed by atoms with Crippen LogP contribution in [0.15, 0.2) is 53.0 Å². The fourth-order valence-electron chi connectivity index (χ4n) is 2.05. The zero-order valence-electron chi connectivity index (χ0n) is 15.2. The number of para-hydroxylation sites is 1. The lowest BCUT2D eigenvalue weighted by Gasteiger charge is -2.12. The van der Waals surface area contributed by atoms with Crippen LogP contribution in [0.1, 0.15) is 12.5 Å². The Kier molecular flexibility index (Phi) is 8.70. The molecule has 7 nitrogen and oxygen atoms in total. The summed E-state index contributed by atoms with van der Waals surface area (Å²) < 4.78 is 11.5. The van der Waals surface area contributed by atoms with Gasteiger partial charge in [0, 0.05) is 0 Å². The number of halogens is 1. The zero-order valence-corrected chi connectivity index (χ0v) is 17.6.